The standard InChI is InChI=1S/C33H33NO5/c1-21-29(33(36)39-18-17-22-11-6-4-7-12-22)30(25-15-10-16-28(37-2)32(25)38-3)31-26(34-21)19-24(20-27(31)35)23-13-8-5-9-14-23/h4-16,24,29-30H,17-20H2,1-3H3/t24-,29?,30-/m0/s1. The molecular weight excluding hydrogens is 490 g/mol. The summed E-state index contributed by atoms with van der Waals surface area (Å²) in [6.07, 6.45) is 1.59. The average Bonchev–Trinajstić information content (AvgIpc) is 2.96. The van der Waals surface area contributed by atoms with Gasteiger partial charge in [-0.2, -0.15) is 0 Å². The van der Waals surface area contributed by atoms with Crippen molar-refractivity contribution in [2.24, 2.45) is 10.9 Å². The maximum atomic E-state index is 13.9. The minimum Gasteiger partial charge on any atom is -0.493 e. The second kappa shape index (κ2) is 11.7. The van der Waals surface area contributed by atoms with E-state index in [0.717, 1.165) is 22.4 Å². The Kier molecular flexibility index (Phi) is 7.92. The zero-order chi connectivity index (χ0) is 27.4. The molecule has 0 amide bonds. The molecular formula is C33H33NO5. The molecule has 1 heterocycles. The number of methoxy groups -OCH3 is 2. The molecule has 0 N–H and O–H groups in total. The fourth-order valence-corrected chi connectivity index (χ4v) is 5.82. The Bertz CT molecular complexity index is 1410. The van der Waals surface area contributed by atoms with Crippen LogP contribution in [0.4, 0.5) is 0 Å². The number of esters is 1. The van der Waals surface area contributed by atoms with Crippen LogP contribution < -0.4 is 9.47 Å². The van der Waals surface area contributed by atoms with E-state index < -0.39 is 17.8 Å². The normalized spacial score (nSPS) is 20.6. The molecule has 6 heteroatoms. The Morgan fingerprint density at radius 2 is 1.62 bits per heavy atom. The van der Waals surface area contributed by atoms with E-state index in [1.807, 2.05) is 73.7 Å². The lowest BCUT2D eigenvalue weighted by atomic mass is 9.69. The number of ether oxygens (including phenoxy) is 3. The molecule has 0 radical (unpaired) electrons. The molecule has 200 valence electrons. The minimum absolute atomic E-state index is 0.00156. The molecule has 1 aliphatic carbocycles. The first-order chi connectivity index (χ1) is 19.0. The first-order valence-electron chi connectivity index (χ1n) is 13.3. The van der Waals surface area contributed by atoms with Gasteiger partial charge in [-0.05, 0) is 36.5 Å². The number of Topliss-reactive ketones (excluding diaryl/α,β-unsaturated/α-hetero) is 1. The highest BCUT2D eigenvalue weighted by atomic mass is 16.5. The molecule has 1 unspecified atom stereocenters. The smallest absolute Gasteiger partial charge is 0.315 e. The van der Waals surface area contributed by atoms with E-state index in [-0.39, 0.29) is 18.3 Å². The van der Waals surface area contributed by atoms with E-state index in [4.69, 9.17) is 19.2 Å². The first-order valence-corrected chi connectivity index (χ1v) is 13.3. The Morgan fingerprint density at radius 1 is 0.897 bits per heavy atom. The van der Waals surface area contributed by atoms with Gasteiger partial charge < -0.3 is 14.2 Å². The molecule has 3 aromatic rings. The van der Waals surface area contributed by atoms with Crippen LogP contribution in [-0.2, 0) is 20.7 Å². The van der Waals surface area contributed by atoms with Gasteiger partial charge in [0.15, 0.2) is 17.3 Å². The first kappa shape index (κ1) is 26.4. The second-order valence-electron chi connectivity index (χ2n) is 9.99. The van der Waals surface area contributed by atoms with Gasteiger partial charge in [0.1, 0.15) is 5.92 Å². The van der Waals surface area contributed by atoms with Crippen molar-refractivity contribution >= 4 is 17.5 Å². The highest BCUT2D eigenvalue weighted by Gasteiger charge is 2.46. The van der Waals surface area contributed by atoms with E-state index >= 15 is 0 Å². The summed E-state index contributed by atoms with van der Waals surface area (Å²) in [6.45, 7) is 2.09. The van der Waals surface area contributed by atoms with Gasteiger partial charge in [0.25, 0.3) is 0 Å². The molecule has 0 saturated heterocycles. The van der Waals surface area contributed by atoms with E-state index in [1.165, 1.54) is 0 Å². The SMILES string of the molecule is COc1cccc([C@@H]2C3=C(C[C@H](c4ccccc4)CC3=O)N=C(C)C2C(=O)OCCc2ccccc2)c1OC. The molecule has 1 aliphatic heterocycles. The van der Waals surface area contributed by atoms with Crippen LogP contribution in [0.3, 0.4) is 0 Å². The fourth-order valence-electron chi connectivity index (χ4n) is 5.82. The Morgan fingerprint density at radius 3 is 2.31 bits per heavy atom. The van der Waals surface area contributed by atoms with Gasteiger partial charge in [-0.25, -0.2) is 0 Å². The number of carbonyl (C=O) groups excluding carboxylic acids is 2. The Balaban J connectivity index is 1.53. The third-order valence-corrected chi connectivity index (χ3v) is 7.66. The van der Waals surface area contributed by atoms with E-state index in [1.54, 1.807) is 14.2 Å². The topological polar surface area (TPSA) is 74.2 Å². The zero-order valence-corrected chi connectivity index (χ0v) is 22.6. The number of ketones is 1. The molecule has 6 nitrogen and oxygen atoms in total. The lowest BCUT2D eigenvalue weighted by molar-refractivity contribution is -0.146. The van der Waals surface area contributed by atoms with E-state index in [0.29, 0.717) is 42.0 Å². The maximum absolute atomic E-state index is 13.9. The van der Waals surface area contributed by atoms with Crippen molar-refractivity contribution in [3.8, 4) is 11.5 Å². The predicted octanol–water partition coefficient (Wildman–Crippen LogP) is 6.06. The summed E-state index contributed by atoms with van der Waals surface area (Å²) in [4.78, 5) is 32.4. The minimum atomic E-state index is -0.752. The number of rotatable bonds is 8. The van der Waals surface area contributed by atoms with Crippen LogP contribution >= 0.6 is 0 Å². The van der Waals surface area contributed by atoms with Crippen LogP contribution in [0.15, 0.2) is 95.1 Å². The van der Waals surface area contributed by atoms with Gasteiger partial charge in [-0.15, -0.1) is 0 Å². The van der Waals surface area contributed by atoms with Crippen LogP contribution in [0.1, 0.15) is 48.3 Å². The quantitative estimate of drug-likeness (QED) is 0.335. The molecule has 39 heavy (non-hydrogen) atoms. The van der Waals surface area contributed by atoms with Gasteiger partial charge in [0, 0.05) is 41.3 Å². The maximum Gasteiger partial charge on any atom is 0.315 e. The van der Waals surface area contributed by atoms with Gasteiger partial charge in [0.2, 0.25) is 0 Å². The van der Waals surface area contributed by atoms with Crippen LogP contribution in [-0.4, -0.2) is 38.3 Å². The van der Waals surface area contributed by atoms with Crippen LogP contribution in [0.5, 0.6) is 11.5 Å². The third-order valence-electron chi connectivity index (χ3n) is 7.66. The summed E-state index contributed by atoms with van der Waals surface area (Å²) >= 11 is 0. The Hall–Kier alpha value is -4.19. The molecule has 3 aromatic carbocycles. The molecule has 3 atom stereocenters. The summed E-state index contributed by atoms with van der Waals surface area (Å²) in [5, 5.41) is 0. The summed E-state index contributed by atoms with van der Waals surface area (Å²) in [7, 11) is 3.15. The van der Waals surface area contributed by atoms with E-state index in [2.05, 4.69) is 12.1 Å². The number of hydrogen-bond acceptors (Lipinski definition) is 6. The van der Waals surface area contributed by atoms with Crippen molar-refractivity contribution in [1.29, 1.82) is 0 Å². The fraction of sp³-hybridized carbons (Fsp3) is 0.303. The third kappa shape index (κ3) is 5.37. The number of benzene rings is 3. The van der Waals surface area contributed by atoms with Crippen molar-refractivity contribution in [3.05, 3.63) is 107 Å². The number of carbonyl (C=O) groups is 2. The van der Waals surface area contributed by atoms with Gasteiger partial charge in [-0.1, -0.05) is 72.8 Å². The summed E-state index contributed by atoms with van der Waals surface area (Å²) in [5.74, 6) is -0.652. The Labute approximate surface area is 229 Å². The van der Waals surface area contributed by atoms with Crippen molar-refractivity contribution in [1.82, 2.24) is 0 Å². The van der Waals surface area contributed by atoms with Crippen LogP contribution in [0, 0.1) is 5.92 Å². The highest BCUT2D eigenvalue weighted by molar-refractivity contribution is 6.09. The molecule has 0 aromatic heterocycles. The molecule has 0 spiro atoms. The number of para-hydroxylation sites is 1. The molecule has 5 rings (SSSR count). The second-order valence-corrected chi connectivity index (χ2v) is 9.99. The van der Waals surface area contributed by atoms with Crippen molar-refractivity contribution < 1.29 is 23.8 Å². The van der Waals surface area contributed by atoms with Crippen molar-refractivity contribution in [2.75, 3.05) is 20.8 Å². The number of aliphatic imine (C=N–C) groups is 1. The summed E-state index contributed by atoms with van der Waals surface area (Å²) in [5.41, 5.74) is 4.86. The van der Waals surface area contributed by atoms with E-state index in [9.17, 15) is 9.59 Å². The molecule has 0 saturated carbocycles. The van der Waals surface area contributed by atoms with Gasteiger partial charge >= 0.3 is 5.97 Å². The lowest BCUT2D eigenvalue weighted by Gasteiger charge is -2.37. The monoisotopic (exact) mass is 523 g/mol. The van der Waals surface area contributed by atoms with Crippen molar-refractivity contribution in [2.45, 2.75) is 38.0 Å². The van der Waals surface area contributed by atoms with Crippen molar-refractivity contribution in [3.63, 3.8) is 0 Å². The van der Waals surface area contributed by atoms with Crippen LogP contribution in [0.2, 0.25) is 0 Å². The largest absolute Gasteiger partial charge is 0.493 e. The molecule has 0 fully saturated rings. The van der Waals surface area contributed by atoms with Crippen LogP contribution in [0.25, 0.3) is 0 Å². The highest BCUT2D eigenvalue weighted by Crippen LogP contribution is 2.50. The predicted molar refractivity (Wildman–Crippen MR) is 150 cm³/mol. The number of nitrogens with zero attached hydrogens (tertiary/aromatic N) is 1. The van der Waals surface area contributed by atoms with Gasteiger partial charge in [0.05, 0.1) is 20.8 Å². The summed E-state index contributed by atoms with van der Waals surface area (Å²) in [6, 6.07) is 25.5. The summed E-state index contributed by atoms with van der Waals surface area (Å²) < 4.78 is 17.2. The average molecular weight is 524 g/mol. The zero-order valence-electron chi connectivity index (χ0n) is 22.6. The van der Waals surface area contributed by atoms with Gasteiger partial charge in [-0.3, -0.25) is 14.6 Å². The number of allylic oxidation sites excluding steroid dienone is 2. The lowest BCUT2D eigenvalue weighted by Crippen LogP contribution is -2.38. The number of hydrogen-bond donors (Lipinski definition) is 0. The molecule has 0 bridgehead atoms. The molecule has 2 aliphatic rings.